The molecule has 1 heterocycles. The van der Waals surface area contributed by atoms with Crippen LogP contribution in [0.2, 0.25) is 0 Å². The van der Waals surface area contributed by atoms with Crippen molar-refractivity contribution in [1.29, 1.82) is 0 Å². The molecule has 1 aliphatic heterocycles. The predicted octanol–water partition coefficient (Wildman–Crippen LogP) is 3.80. The number of ketones is 1. The van der Waals surface area contributed by atoms with Gasteiger partial charge in [0.15, 0.2) is 0 Å². The predicted molar refractivity (Wildman–Crippen MR) is 123 cm³/mol. The van der Waals surface area contributed by atoms with E-state index in [2.05, 4.69) is 0 Å². The van der Waals surface area contributed by atoms with E-state index in [9.17, 15) is 14.4 Å². The first-order chi connectivity index (χ1) is 14.5. The molecule has 0 saturated carbocycles. The highest BCUT2D eigenvalue weighted by Crippen LogP contribution is 2.40. The minimum Gasteiger partial charge on any atom is -0.459 e. The fourth-order valence-electron chi connectivity index (χ4n) is 4.03. The molecule has 1 amide bonds. The number of anilines is 1. The van der Waals surface area contributed by atoms with Crippen LogP contribution in [0.25, 0.3) is 0 Å². The first-order valence-corrected chi connectivity index (χ1v) is 11.1. The van der Waals surface area contributed by atoms with E-state index in [1.54, 1.807) is 18.2 Å². The van der Waals surface area contributed by atoms with Crippen LogP contribution in [0, 0.1) is 20.8 Å². The minimum atomic E-state index is -0.840. The van der Waals surface area contributed by atoms with Crippen LogP contribution in [0.3, 0.4) is 0 Å². The van der Waals surface area contributed by atoms with Crippen LogP contribution in [-0.4, -0.2) is 39.2 Å². The van der Waals surface area contributed by atoms with Gasteiger partial charge < -0.3 is 15.4 Å². The first kappa shape index (κ1) is 22.9. The number of para-hydroxylation sites is 1. The molecule has 7 heteroatoms. The van der Waals surface area contributed by atoms with E-state index >= 15 is 0 Å². The number of rotatable bonds is 5. The number of hydrogen-bond acceptors (Lipinski definition) is 6. The van der Waals surface area contributed by atoms with Crippen LogP contribution in [-0.2, 0) is 20.9 Å². The summed E-state index contributed by atoms with van der Waals surface area (Å²) in [5.41, 5.74) is 10.1. The zero-order valence-electron chi connectivity index (χ0n) is 18.5. The molecule has 0 unspecified atom stereocenters. The molecule has 0 spiro atoms. The Balaban J connectivity index is 1.83. The van der Waals surface area contributed by atoms with Crippen molar-refractivity contribution in [2.75, 3.05) is 11.5 Å². The van der Waals surface area contributed by atoms with Crippen molar-refractivity contribution in [1.82, 2.24) is 4.90 Å². The second kappa shape index (κ2) is 8.75. The van der Waals surface area contributed by atoms with Crippen LogP contribution >= 0.6 is 11.8 Å². The van der Waals surface area contributed by atoms with E-state index in [-0.39, 0.29) is 6.61 Å². The van der Waals surface area contributed by atoms with Crippen molar-refractivity contribution >= 4 is 35.1 Å². The number of nitrogens with zero attached hydrogens (tertiary/aromatic N) is 1. The average molecular weight is 441 g/mol. The van der Waals surface area contributed by atoms with E-state index < -0.39 is 28.6 Å². The fraction of sp³-hybridized carbons (Fsp3) is 0.375. The van der Waals surface area contributed by atoms with Gasteiger partial charge in [0.05, 0.1) is 4.87 Å². The fourth-order valence-corrected chi connectivity index (χ4v) is 5.23. The highest BCUT2D eigenvalue weighted by Gasteiger charge is 2.49. The van der Waals surface area contributed by atoms with Crippen LogP contribution in [0.15, 0.2) is 36.4 Å². The van der Waals surface area contributed by atoms with Crippen molar-refractivity contribution in [2.45, 2.75) is 52.1 Å². The van der Waals surface area contributed by atoms with Gasteiger partial charge >= 0.3 is 5.97 Å². The summed E-state index contributed by atoms with van der Waals surface area (Å²) in [5.74, 6) is -1.47. The molecular formula is C24H28N2O4S. The number of esters is 1. The molecule has 0 aliphatic carbocycles. The van der Waals surface area contributed by atoms with E-state index in [0.29, 0.717) is 22.6 Å². The Morgan fingerprint density at radius 3 is 2.35 bits per heavy atom. The SMILES string of the molecule is Cc1cc(C)c(C(=O)C(=O)N2[C@H](C(=O)OCc3ccccc3N)CSC2(C)C)c(C)c1. The standard InChI is InChI=1S/C24H28N2O4S/c1-14-10-15(2)20(16(3)11-14)21(27)22(28)26-19(13-31-24(26,4)5)23(29)30-12-17-8-6-7-9-18(17)25/h6-11,19H,12-13,25H2,1-5H3/t19-/m0/s1. The lowest BCUT2D eigenvalue weighted by molar-refractivity contribution is -0.155. The molecule has 2 aromatic rings. The highest BCUT2D eigenvalue weighted by atomic mass is 32.2. The Bertz CT molecular complexity index is 1020. The molecule has 3 rings (SSSR count). The number of benzene rings is 2. The van der Waals surface area contributed by atoms with Crippen LogP contribution in [0.1, 0.15) is 46.5 Å². The van der Waals surface area contributed by atoms with Crippen LogP contribution in [0.5, 0.6) is 0 Å². The monoisotopic (exact) mass is 440 g/mol. The molecule has 1 saturated heterocycles. The van der Waals surface area contributed by atoms with Gasteiger partial charge in [-0.3, -0.25) is 9.59 Å². The zero-order chi connectivity index (χ0) is 22.9. The highest BCUT2D eigenvalue weighted by molar-refractivity contribution is 8.00. The second-order valence-electron chi connectivity index (χ2n) is 8.36. The number of amides is 1. The molecular weight excluding hydrogens is 412 g/mol. The Kier molecular flexibility index (Phi) is 6.46. The van der Waals surface area contributed by atoms with Crippen LogP contribution < -0.4 is 5.73 Å². The summed E-state index contributed by atoms with van der Waals surface area (Å²) >= 11 is 1.45. The third-order valence-electron chi connectivity index (χ3n) is 5.50. The molecule has 164 valence electrons. The maximum absolute atomic E-state index is 13.3. The van der Waals surface area contributed by atoms with Gasteiger partial charge in [0.2, 0.25) is 0 Å². The molecule has 31 heavy (non-hydrogen) atoms. The number of carbonyl (C=O) groups is 3. The first-order valence-electron chi connectivity index (χ1n) is 10.1. The van der Waals surface area contributed by atoms with Crippen LogP contribution in [0.4, 0.5) is 5.69 Å². The number of thioether (sulfide) groups is 1. The zero-order valence-corrected chi connectivity index (χ0v) is 19.3. The second-order valence-corrected chi connectivity index (χ2v) is 9.98. The molecule has 1 aliphatic rings. The molecule has 1 atom stereocenters. The Morgan fingerprint density at radius 2 is 1.74 bits per heavy atom. The molecule has 2 aromatic carbocycles. The third-order valence-corrected chi connectivity index (χ3v) is 6.89. The lowest BCUT2D eigenvalue weighted by atomic mass is 9.95. The molecule has 1 fully saturated rings. The van der Waals surface area contributed by atoms with Crippen molar-refractivity contribution in [2.24, 2.45) is 0 Å². The van der Waals surface area contributed by atoms with Gasteiger partial charge in [-0.1, -0.05) is 35.9 Å². The number of ether oxygens (including phenoxy) is 1. The van der Waals surface area contributed by atoms with Gasteiger partial charge in [0.1, 0.15) is 12.6 Å². The summed E-state index contributed by atoms with van der Waals surface area (Å²) in [6, 6.07) is 10.1. The maximum atomic E-state index is 13.3. The third kappa shape index (κ3) is 4.61. The normalized spacial score (nSPS) is 17.5. The number of Topliss-reactive ketones (excluding diaryl/α,β-unsaturated/α-hetero) is 1. The lowest BCUT2D eigenvalue weighted by Crippen LogP contribution is -2.52. The summed E-state index contributed by atoms with van der Waals surface area (Å²) in [6.07, 6.45) is 0. The Labute approximate surface area is 187 Å². The van der Waals surface area contributed by atoms with Gasteiger partial charge in [-0.25, -0.2) is 4.79 Å². The summed E-state index contributed by atoms with van der Waals surface area (Å²) in [5, 5.41) is 0. The van der Waals surface area contributed by atoms with E-state index in [1.165, 1.54) is 16.7 Å². The summed E-state index contributed by atoms with van der Waals surface area (Å²) < 4.78 is 5.48. The summed E-state index contributed by atoms with van der Waals surface area (Å²) in [6.45, 7) is 9.27. The molecule has 6 nitrogen and oxygen atoms in total. The van der Waals surface area contributed by atoms with Crippen molar-refractivity contribution in [3.63, 3.8) is 0 Å². The average Bonchev–Trinajstić information content (AvgIpc) is 3.00. The smallest absolute Gasteiger partial charge is 0.330 e. The Hall–Kier alpha value is -2.80. The quantitative estimate of drug-likeness (QED) is 0.329. The molecule has 0 aromatic heterocycles. The van der Waals surface area contributed by atoms with E-state index in [4.69, 9.17) is 10.5 Å². The topological polar surface area (TPSA) is 89.7 Å². The van der Waals surface area contributed by atoms with E-state index in [1.807, 2.05) is 52.8 Å². The van der Waals surface area contributed by atoms with Gasteiger partial charge in [-0.2, -0.15) is 0 Å². The van der Waals surface area contributed by atoms with Gasteiger partial charge in [0, 0.05) is 22.6 Å². The molecule has 0 radical (unpaired) electrons. The van der Waals surface area contributed by atoms with Crippen molar-refractivity contribution < 1.29 is 19.1 Å². The molecule has 2 N–H and O–H groups in total. The summed E-state index contributed by atoms with van der Waals surface area (Å²) in [4.78, 5) is 40.1. The van der Waals surface area contributed by atoms with E-state index in [0.717, 1.165) is 16.7 Å². The number of nitrogens with two attached hydrogens (primary N) is 1. The summed E-state index contributed by atoms with van der Waals surface area (Å²) in [7, 11) is 0. The molecule has 0 bridgehead atoms. The lowest BCUT2D eigenvalue weighted by Gasteiger charge is -2.33. The number of nitrogen functional groups attached to an aromatic ring is 1. The minimum absolute atomic E-state index is 0.0132. The maximum Gasteiger partial charge on any atom is 0.330 e. The van der Waals surface area contributed by atoms with Gasteiger partial charge in [-0.15, -0.1) is 11.8 Å². The number of carbonyl (C=O) groups excluding carboxylic acids is 3. The van der Waals surface area contributed by atoms with Crippen molar-refractivity contribution in [3.05, 3.63) is 64.2 Å². The number of hydrogen-bond donors (Lipinski definition) is 1. The van der Waals surface area contributed by atoms with Gasteiger partial charge in [-0.05, 0) is 51.8 Å². The van der Waals surface area contributed by atoms with Gasteiger partial charge in [0.25, 0.3) is 11.7 Å². The largest absolute Gasteiger partial charge is 0.459 e. The van der Waals surface area contributed by atoms with Crippen molar-refractivity contribution in [3.8, 4) is 0 Å². The Morgan fingerprint density at radius 1 is 1.13 bits per heavy atom. The number of aryl methyl sites for hydroxylation is 3.